The third kappa shape index (κ3) is 3.64. The minimum absolute atomic E-state index is 0.131. The summed E-state index contributed by atoms with van der Waals surface area (Å²) >= 11 is 0. The third-order valence-electron chi connectivity index (χ3n) is 3.27. The van der Waals surface area contributed by atoms with E-state index in [0.29, 0.717) is 13.2 Å². The van der Waals surface area contributed by atoms with Gasteiger partial charge in [-0.1, -0.05) is 32.9 Å². The highest BCUT2D eigenvalue weighted by molar-refractivity contribution is 5.33. The first-order chi connectivity index (χ1) is 9.50. The van der Waals surface area contributed by atoms with Gasteiger partial charge >= 0.3 is 0 Å². The number of benzene rings is 1. The van der Waals surface area contributed by atoms with E-state index >= 15 is 0 Å². The number of rotatable bonds is 5. The Labute approximate surface area is 121 Å². The summed E-state index contributed by atoms with van der Waals surface area (Å²) in [4.78, 5) is 0. The second-order valence-corrected chi connectivity index (χ2v) is 5.97. The Kier molecular flexibility index (Phi) is 4.50. The van der Waals surface area contributed by atoms with Crippen LogP contribution in [0, 0.1) is 0 Å². The molecule has 1 aromatic carbocycles. The van der Waals surface area contributed by atoms with E-state index in [0.717, 1.165) is 17.1 Å². The molecule has 1 N–H and O–H groups in total. The summed E-state index contributed by atoms with van der Waals surface area (Å²) in [6, 6.07) is 10.2. The van der Waals surface area contributed by atoms with E-state index < -0.39 is 0 Å². The van der Waals surface area contributed by atoms with Crippen molar-refractivity contribution in [3.63, 3.8) is 0 Å². The molecular weight excluding hydrogens is 250 g/mol. The maximum absolute atomic E-state index is 5.89. The van der Waals surface area contributed by atoms with Gasteiger partial charge in [0.1, 0.15) is 18.1 Å². The molecule has 0 aliphatic heterocycles. The van der Waals surface area contributed by atoms with Gasteiger partial charge in [-0.25, -0.2) is 0 Å². The van der Waals surface area contributed by atoms with E-state index in [1.54, 1.807) is 6.26 Å². The topological polar surface area (TPSA) is 34.4 Å². The van der Waals surface area contributed by atoms with Crippen LogP contribution in [0.3, 0.4) is 0 Å². The van der Waals surface area contributed by atoms with Crippen molar-refractivity contribution in [1.82, 2.24) is 5.32 Å². The van der Waals surface area contributed by atoms with Crippen molar-refractivity contribution in [2.75, 3.05) is 7.05 Å². The first-order valence-electron chi connectivity index (χ1n) is 6.94. The summed E-state index contributed by atoms with van der Waals surface area (Å²) in [6.45, 7) is 7.85. The predicted octanol–water partition coefficient (Wildman–Crippen LogP) is 3.88. The quantitative estimate of drug-likeness (QED) is 0.898. The van der Waals surface area contributed by atoms with E-state index in [2.05, 4.69) is 38.2 Å². The molecule has 1 aromatic heterocycles. The Bertz CT molecular complexity index is 552. The lowest BCUT2D eigenvalue weighted by molar-refractivity contribution is 0.300. The van der Waals surface area contributed by atoms with Gasteiger partial charge in [-0.15, -0.1) is 0 Å². The second kappa shape index (κ2) is 6.14. The van der Waals surface area contributed by atoms with Gasteiger partial charge in [-0.2, -0.15) is 0 Å². The summed E-state index contributed by atoms with van der Waals surface area (Å²) < 4.78 is 11.3. The Hall–Kier alpha value is -1.74. The first-order valence-corrected chi connectivity index (χ1v) is 6.94. The van der Waals surface area contributed by atoms with Crippen molar-refractivity contribution in [2.24, 2.45) is 0 Å². The molecule has 0 saturated heterocycles. The zero-order valence-electron chi connectivity index (χ0n) is 12.7. The molecule has 0 atom stereocenters. The first kappa shape index (κ1) is 14.7. The van der Waals surface area contributed by atoms with E-state index in [9.17, 15) is 0 Å². The zero-order valence-corrected chi connectivity index (χ0v) is 12.7. The molecule has 108 valence electrons. The summed E-state index contributed by atoms with van der Waals surface area (Å²) in [5.41, 5.74) is 2.49. The van der Waals surface area contributed by atoms with E-state index in [1.807, 2.05) is 25.2 Å². The highest BCUT2D eigenvalue weighted by Gasteiger charge is 2.14. The summed E-state index contributed by atoms with van der Waals surface area (Å²) in [6.07, 6.45) is 1.71. The van der Waals surface area contributed by atoms with Crippen molar-refractivity contribution in [3.8, 4) is 5.75 Å². The van der Waals surface area contributed by atoms with Gasteiger partial charge < -0.3 is 14.5 Å². The van der Waals surface area contributed by atoms with Gasteiger partial charge in [-0.3, -0.25) is 0 Å². The maximum atomic E-state index is 5.89. The lowest BCUT2D eigenvalue weighted by atomic mass is 9.87. The van der Waals surface area contributed by atoms with Crippen LogP contribution < -0.4 is 10.1 Å². The molecule has 0 aliphatic carbocycles. The third-order valence-corrected chi connectivity index (χ3v) is 3.27. The van der Waals surface area contributed by atoms with Crippen LogP contribution in [-0.2, 0) is 18.6 Å². The van der Waals surface area contributed by atoms with Crippen LogP contribution in [0.1, 0.15) is 37.7 Å². The van der Waals surface area contributed by atoms with Gasteiger partial charge in [0.2, 0.25) is 0 Å². The van der Waals surface area contributed by atoms with Gasteiger partial charge in [0.15, 0.2) is 0 Å². The van der Waals surface area contributed by atoms with Gasteiger partial charge in [0.05, 0.1) is 12.8 Å². The largest absolute Gasteiger partial charge is 0.489 e. The summed E-state index contributed by atoms with van der Waals surface area (Å²) in [7, 11) is 1.90. The lowest BCUT2D eigenvalue weighted by Crippen LogP contribution is -2.11. The molecule has 2 aromatic rings. The highest BCUT2D eigenvalue weighted by Crippen LogP contribution is 2.26. The smallest absolute Gasteiger partial charge is 0.124 e. The molecule has 20 heavy (non-hydrogen) atoms. The standard InChI is InChI=1S/C17H23NO2/c1-17(2,3)14-6-5-7-15(10-14)20-12-13-8-9-19-16(13)11-18-4/h5-10,18H,11-12H2,1-4H3. The molecule has 0 fully saturated rings. The van der Waals surface area contributed by atoms with Crippen molar-refractivity contribution < 1.29 is 9.15 Å². The number of furan rings is 1. The molecule has 0 saturated carbocycles. The van der Waals surface area contributed by atoms with Crippen molar-refractivity contribution in [1.29, 1.82) is 0 Å². The SMILES string of the molecule is CNCc1occc1COc1cccc(C(C)(C)C)c1. The second-order valence-electron chi connectivity index (χ2n) is 5.97. The molecule has 0 radical (unpaired) electrons. The highest BCUT2D eigenvalue weighted by atomic mass is 16.5. The van der Waals surface area contributed by atoms with Crippen LogP contribution in [0.4, 0.5) is 0 Å². The number of nitrogens with one attached hydrogen (secondary N) is 1. The molecule has 0 amide bonds. The molecule has 2 rings (SSSR count). The number of hydrogen-bond donors (Lipinski definition) is 1. The molecule has 0 spiro atoms. The van der Waals surface area contributed by atoms with Crippen molar-refractivity contribution in [2.45, 2.75) is 39.3 Å². The Balaban J connectivity index is 2.05. The minimum Gasteiger partial charge on any atom is -0.489 e. The molecule has 0 aliphatic rings. The van der Waals surface area contributed by atoms with Gasteiger partial charge in [-0.05, 0) is 36.2 Å². The molecule has 0 unspecified atom stereocenters. The lowest BCUT2D eigenvalue weighted by Gasteiger charge is -2.19. The van der Waals surface area contributed by atoms with Gasteiger partial charge in [0.25, 0.3) is 0 Å². The zero-order chi connectivity index (χ0) is 14.6. The van der Waals surface area contributed by atoms with Crippen molar-refractivity contribution >= 4 is 0 Å². The fraction of sp³-hybridized carbons (Fsp3) is 0.412. The summed E-state index contributed by atoms with van der Waals surface area (Å²) in [5.74, 6) is 1.83. The average Bonchev–Trinajstić information content (AvgIpc) is 2.84. The number of ether oxygens (including phenoxy) is 1. The fourth-order valence-corrected chi connectivity index (χ4v) is 2.02. The molecular formula is C17H23NO2. The van der Waals surface area contributed by atoms with E-state index in [-0.39, 0.29) is 5.41 Å². The van der Waals surface area contributed by atoms with E-state index in [1.165, 1.54) is 5.56 Å². The molecule has 3 heteroatoms. The van der Waals surface area contributed by atoms with Crippen LogP contribution in [0.2, 0.25) is 0 Å². The normalized spacial score (nSPS) is 11.6. The fourth-order valence-electron chi connectivity index (χ4n) is 2.02. The Morgan fingerprint density at radius 2 is 2.00 bits per heavy atom. The molecule has 3 nitrogen and oxygen atoms in total. The Morgan fingerprint density at radius 3 is 2.70 bits per heavy atom. The summed E-state index contributed by atoms with van der Waals surface area (Å²) in [5, 5.41) is 3.09. The minimum atomic E-state index is 0.131. The monoisotopic (exact) mass is 273 g/mol. The van der Waals surface area contributed by atoms with Gasteiger partial charge in [0, 0.05) is 5.56 Å². The van der Waals surface area contributed by atoms with Crippen LogP contribution >= 0.6 is 0 Å². The van der Waals surface area contributed by atoms with Crippen LogP contribution in [0.5, 0.6) is 5.75 Å². The van der Waals surface area contributed by atoms with Crippen LogP contribution in [-0.4, -0.2) is 7.05 Å². The number of hydrogen-bond acceptors (Lipinski definition) is 3. The average molecular weight is 273 g/mol. The molecule has 1 heterocycles. The van der Waals surface area contributed by atoms with Crippen LogP contribution in [0.25, 0.3) is 0 Å². The van der Waals surface area contributed by atoms with Crippen LogP contribution in [0.15, 0.2) is 41.0 Å². The van der Waals surface area contributed by atoms with E-state index in [4.69, 9.17) is 9.15 Å². The molecule has 0 bridgehead atoms. The Morgan fingerprint density at radius 1 is 1.20 bits per heavy atom. The maximum Gasteiger partial charge on any atom is 0.124 e. The van der Waals surface area contributed by atoms with Crippen molar-refractivity contribution in [3.05, 3.63) is 53.5 Å². The predicted molar refractivity (Wildman–Crippen MR) is 80.9 cm³/mol.